The van der Waals surface area contributed by atoms with Crippen molar-refractivity contribution in [1.29, 1.82) is 0 Å². The highest BCUT2D eigenvalue weighted by atomic mass is 32.2. The standard InChI is InChI=1S/C17H23NO5S/c1-13(17(20)23-2)18(15-10-11-24(21,22)12-15)16(19)9-8-14-6-4-3-5-7-14/h3-7,13,15H,8-12H2,1-2H3/t13-,15+/m1/s1. The molecule has 0 N–H and O–H groups in total. The van der Waals surface area contributed by atoms with E-state index in [1.807, 2.05) is 30.3 Å². The van der Waals surface area contributed by atoms with E-state index in [2.05, 4.69) is 0 Å². The number of amides is 1. The topological polar surface area (TPSA) is 80.8 Å². The number of esters is 1. The predicted octanol–water partition coefficient (Wildman–Crippen LogP) is 1.20. The second kappa shape index (κ2) is 7.79. The van der Waals surface area contributed by atoms with E-state index in [9.17, 15) is 18.0 Å². The Balaban J connectivity index is 2.12. The number of benzene rings is 1. The minimum atomic E-state index is -3.15. The molecule has 132 valence electrons. The Bertz CT molecular complexity index is 686. The summed E-state index contributed by atoms with van der Waals surface area (Å²) in [6, 6.07) is 8.31. The van der Waals surface area contributed by atoms with E-state index in [-0.39, 0.29) is 23.8 Å². The molecule has 1 aliphatic rings. The average Bonchev–Trinajstić information content (AvgIpc) is 2.92. The predicted molar refractivity (Wildman–Crippen MR) is 90.1 cm³/mol. The summed E-state index contributed by atoms with van der Waals surface area (Å²) >= 11 is 0. The van der Waals surface area contributed by atoms with E-state index in [4.69, 9.17) is 4.74 Å². The normalized spacial score (nSPS) is 20.3. The lowest BCUT2D eigenvalue weighted by atomic mass is 10.1. The van der Waals surface area contributed by atoms with Crippen LogP contribution in [0.25, 0.3) is 0 Å². The Morgan fingerprint density at radius 1 is 1.29 bits per heavy atom. The Morgan fingerprint density at radius 3 is 2.50 bits per heavy atom. The summed E-state index contributed by atoms with van der Waals surface area (Å²) in [6.45, 7) is 1.58. The number of carbonyl (C=O) groups excluding carboxylic acids is 2. The lowest BCUT2D eigenvalue weighted by Crippen LogP contribution is -2.50. The monoisotopic (exact) mass is 353 g/mol. The van der Waals surface area contributed by atoms with Crippen molar-refractivity contribution in [3.63, 3.8) is 0 Å². The molecule has 2 rings (SSSR count). The number of methoxy groups -OCH3 is 1. The van der Waals surface area contributed by atoms with E-state index < -0.39 is 27.9 Å². The van der Waals surface area contributed by atoms with Gasteiger partial charge in [-0.3, -0.25) is 4.79 Å². The largest absolute Gasteiger partial charge is 0.467 e. The molecule has 1 aliphatic heterocycles. The number of ether oxygens (including phenoxy) is 1. The Hall–Kier alpha value is -1.89. The van der Waals surface area contributed by atoms with Crippen molar-refractivity contribution in [1.82, 2.24) is 4.90 Å². The molecule has 1 fully saturated rings. The van der Waals surface area contributed by atoms with Crippen LogP contribution in [0.4, 0.5) is 0 Å². The first-order chi connectivity index (χ1) is 11.3. The molecule has 1 amide bonds. The maximum Gasteiger partial charge on any atom is 0.328 e. The zero-order valence-corrected chi connectivity index (χ0v) is 14.8. The maximum absolute atomic E-state index is 12.7. The lowest BCUT2D eigenvalue weighted by molar-refractivity contribution is -0.153. The van der Waals surface area contributed by atoms with E-state index in [1.54, 1.807) is 6.92 Å². The van der Waals surface area contributed by atoms with E-state index in [1.165, 1.54) is 12.0 Å². The summed E-state index contributed by atoms with van der Waals surface area (Å²) in [5.41, 5.74) is 1.02. The summed E-state index contributed by atoms with van der Waals surface area (Å²) in [5, 5.41) is 0. The molecule has 2 atom stereocenters. The fourth-order valence-electron chi connectivity index (χ4n) is 3.04. The quantitative estimate of drug-likeness (QED) is 0.718. The van der Waals surface area contributed by atoms with Crippen LogP contribution in [-0.4, -0.2) is 55.9 Å². The van der Waals surface area contributed by atoms with Crippen molar-refractivity contribution in [2.24, 2.45) is 0 Å². The van der Waals surface area contributed by atoms with Gasteiger partial charge in [-0.15, -0.1) is 0 Å². The first-order valence-corrected chi connectivity index (χ1v) is 9.79. The first kappa shape index (κ1) is 18.4. The van der Waals surface area contributed by atoms with Gasteiger partial charge in [-0.05, 0) is 25.3 Å². The summed E-state index contributed by atoms with van der Waals surface area (Å²) in [6.07, 6.45) is 1.13. The highest BCUT2D eigenvalue weighted by Crippen LogP contribution is 2.22. The number of carbonyl (C=O) groups is 2. The molecule has 1 saturated heterocycles. The van der Waals surface area contributed by atoms with Crippen LogP contribution < -0.4 is 0 Å². The summed E-state index contributed by atoms with van der Waals surface area (Å²) in [5.74, 6) is -0.800. The summed E-state index contributed by atoms with van der Waals surface area (Å²) < 4.78 is 28.2. The lowest BCUT2D eigenvalue weighted by Gasteiger charge is -2.32. The third kappa shape index (κ3) is 4.56. The van der Waals surface area contributed by atoms with Crippen LogP contribution in [-0.2, 0) is 30.6 Å². The molecule has 0 bridgehead atoms. The third-order valence-corrected chi connectivity index (χ3v) is 6.07. The molecule has 7 heteroatoms. The van der Waals surface area contributed by atoms with Gasteiger partial charge in [-0.1, -0.05) is 30.3 Å². The molecule has 1 aromatic rings. The molecular weight excluding hydrogens is 330 g/mol. The number of hydrogen-bond donors (Lipinski definition) is 0. The molecule has 1 heterocycles. The van der Waals surface area contributed by atoms with Gasteiger partial charge in [0, 0.05) is 12.5 Å². The van der Waals surface area contributed by atoms with E-state index in [0.29, 0.717) is 12.8 Å². The van der Waals surface area contributed by atoms with Gasteiger partial charge in [0.2, 0.25) is 5.91 Å². The SMILES string of the molecule is COC(=O)[C@@H](C)N(C(=O)CCc1ccccc1)[C@H]1CCS(=O)(=O)C1. The van der Waals surface area contributed by atoms with Gasteiger partial charge in [0.1, 0.15) is 6.04 Å². The van der Waals surface area contributed by atoms with Gasteiger partial charge in [0.15, 0.2) is 9.84 Å². The molecule has 1 aromatic carbocycles. The van der Waals surface area contributed by atoms with Crippen molar-refractivity contribution in [2.45, 2.75) is 38.3 Å². The Morgan fingerprint density at radius 2 is 1.96 bits per heavy atom. The highest BCUT2D eigenvalue weighted by Gasteiger charge is 2.39. The average molecular weight is 353 g/mol. The van der Waals surface area contributed by atoms with Crippen LogP contribution in [0, 0.1) is 0 Å². The summed E-state index contributed by atoms with van der Waals surface area (Å²) in [7, 11) is -1.89. The highest BCUT2D eigenvalue weighted by molar-refractivity contribution is 7.91. The molecule has 0 saturated carbocycles. The molecule has 0 aliphatic carbocycles. The molecule has 0 unspecified atom stereocenters. The van der Waals surface area contributed by atoms with Gasteiger partial charge in [0.25, 0.3) is 0 Å². The number of rotatable bonds is 6. The van der Waals surface area contributed by atoms with Crippen molar-refractivity contribution in [3.8, 4) is 0 Å². The minimum Gasteiger partial charge on any atom is -0.467 e. The number of sulfone groups is 1. The van der Waals surface area contributed by atoms with Crippen LogP contribution >= 0.6 is 0 Å². The Labute approximate surface area is 142 Å². The number of nitrogens with zero attached hydrogens (tertiary/aromatic N) is 1. The van der Waals surface area contributed by atoms with Crippen LogP contribution in [0.2, 0.25) is 0 Å². The smallest absolute Gasteiger partial charge is 0.328 e. The van der Waals surface area contributed by atoms with Crippen LogP contribution in [0.3, 0.4) is 0 Å². The fraction of sp³-hybridized carbons (Fsp3) is 0.529. The van der Waals surface area contributed by atoms with Crippen molar-refractivity contribution in [3.05, 3.63) is 35.9 Å². The summed E-state index contributed by atoms with van der Waals surface area (Å²) in [4.78, 5) is 26.0. The van der Waals surface area contributed by atoms with Crippen LogP contribution in [0.15, 0.2) is 30.3 Å². The van der Waals surface area contributed by atoms with Crippen molar-refractivity contribution >= 4 is 21.7 Å². The second-order valence-corrected chi connectivity index (χ2v) is 8.27. The molecule has 0 radical (unpaired) electrons. The first-order valence-electron chi connectivity index (χ1n) is 7.97. The van der Waals surface area contributed by atoms with E-state index >= 15 is 0 Å². The van der Waals surface area contributed by atoms with E-state index in [0.717, 1.165) is 5.56 Å². The van der Waals surface area contributed by atoms with Gasteiger partial charge < -0.3 is 9.64 Å². The maximum atomic E-state index is 12.7. The van der Waals surface area contributed by atoms with Gasteiger partial charge in [-0.2, -0.15) is 0 Å². The third-order valence-electron chi connectivity index (χ3n) is 4.32. The Kier molecular flexibility index (Phi) is 5.99. The van der Waals surface area contributed by atoms with Crippen LogP contribution in [0.5, 0.6) is 0 Å². The molecule has 0 aromatic heterocycles. The molecule has 6 nitrogen and oxygen atoms in total. The van der Waals surface area contributed by atoms with Gasteiger partial charge in [0.05, 0.1) is 18.6 Å². The zero-order valence-electron chi connectivity index (χ0n) is 14.0. The van der Waals surface area contributed by atoms with Gasteiger partial charge >= 0.3 is 5.97 Å². The number of aryl methyl sites for hydroxylation is 1. The molecular formula is C17H23NO5S. The van der Waals surface area contributed by atoms with Gasteiger partial charge in [-0.25, -0.2) is 13.2 Å². The fourth-order valence-corrected chi connectivity index (χ4v) is 4.75. The van der Waals surface area contributed by atoms with Crippen molar-refractivity contribution in [2.75, 3.05) is 18.6 Å². The van der Waals surface area contributed by atoms with Crippen LogP contribution in [0.1, 0.15) is 25.3 Å². The molecule has 0 spiro atoms. The zero-order chi connectivity index (χ0) is 17.7. The minimum absolute atomic E-state index is 0.0496. The second-order valence-electron chi connectivity index (χ2n) is 6.04. The number of hydrogen-bond acceptors (Lipinski definition) is 5. The van der Waals surface area contributed by atoms with Crippen molar-refractivity contribution < 1.29 is 22.7 Å². The molecule has 24 heavy (non-hydrogen) atoms.